The third-order valence-corrected chi connectivity index (χ3v) is 7.14. The third-order valence-electron chi connectivity index (χ3n) is 7.14. The second-order valence-corrected chi connectivity index (χ2v) is 9.78. The summed E-state index contributed by atoms with van der Waals surface area (Å²) in [6, 6.07) is 12.3. The van der Waals surface area contributed by atoms with Crippen molar-refractivity contribution in [1.29, 1.82) is 0 Å². The van der Waals surface area contributed by atoms with Gasteiger partial charge >= 0.3 is 18.0 Å². The molecule has 11 nitrogen and oxygen atoms in total. The number of piperazine rings is 2. The first-order chi connectivity index (χ1) is 19.1. The lowest BCUT2D eigenvalue weighted by molar-refractivity contribution is -0.134. The van der Waals surface area contributed by atoms with Gasteiger partial charge in [-0.2, -0.15) is 0 Å². The fraction of sp³-hybridized carbons (Fsp3) is 0.414. The Labute approximate surface area is 235 Å². The number of nitrogens with zero attached hydrogens (tertiary/aromatic N) is 4. The molecular weight excluding hydrogens is 514 g/mol. The standard InChI is InChI=1S/C25H35N5O2.C4H4O4/c1-19-7-5-9-22(20(19)2)28-15-17-30(18-16-28)25(31)26-21-8-6-10-23(24(21)32-4)29-13-11-27(3)12-14-29;5-3(6)1-2-4(7)8/h5-10H,11-18H2,1-4H3,(H,26,31);1-2H,(H,5,6)(H,7,8)/b;2-1+. The van der Waals surface area contributed by atoms with Gasteiger partial charge in [0, 0.05) is 70.2 Å². The molecule has 0 unspecified atom stereocenters. The van der Waals surface area contributed by atoms with Crippen molar-refractivity contribution in [2.75, 3.05) is 81.6 Å². The van der Waals surface area contributed by atoms with Crippen LogP contribution in [0.2, 0.25) is 0 Å². The molecule has 0 aliphatic carbocycles. The fourth-order valence-electron chi connectivity index (χ4n) is 4.70. The monoisotopic (exact) mass is 553 g/mol. The van der Waals surface area contributed by atoms with Gasteiger partial charge in [-0.1, -0.05) is 18.2 Å². The molecule has 0 aromatic heterocycles. The van der Waals surface area contributed by atoms with Crippen molar-refractivity contribution in [2.24, 2.45) is 0 Å². The zero-order valence-electron chi connectivity index (χ0n) is 23.6. The molecule has 2 aliphatic heterocycles. The fourth-order valence-corrected chi connectivity index (χ4v) is 4.70. The second kappa shape index (κ2) is 14.2. The second-order valence-electron chi connectivity index (χ2n) is 9.78. The van der Waals surface area contributed by atoms with Gasteiger partial charge in [-0.25, -0.2) is 14.4 Å². The van der Waals surface area contributed by atoms with Crippen molar-refractivity contribution in [3.05, 3.63) is 59.7 Å². The van der Waals surface area contributed by atoms with Gasteiger partial charge in [-0.05, 0) is 50.2 Å². The number of methoxy groups -OCH3 is 1. The van der Waals surface area contributed by atoms with Crippen molar-refractivity contribution < 1.29 is 29.3 Å². The molecule has 2 saturated heterocycles. The maximum absolute atomic E-state index is 13.1. The Balaban J connectivity index is 0.000000482. The van der Waals surface area contributed by atoms with Crippen LogP contribution in [-0.4, -0.2) is 104 Å². The number of aliphatic carboxylic acids is 2. The zero-order valence-corrected chi connectivity index (χ0v) is 23.6. The average molecular weight is 554 g/mol. The minimum absolute atomic E-state index is 0.0700. The largest absolute Gasteiger partial charge is 0.492 e. The number of carbonyl (C=O) groups excluding carboxylic acids is 1. The molecule has 0 atom stereocenters. The summed E-state index contributed by atoms with van der Waals surface area (Å²) in [5, 5.41) is 18.7. The lowest BCUT2D eigenvalue weighted by atomic mass is 10.1. The number of nitrogens with one attached hydrogen (secondary N) is 1. The first-order valence-electron chi connectivity index (χ1n) is 13.2. The average Bonchev–Trinajstić information content (AvgIpc) is 2.94. The first-order valence-corrected chi connectivity index (χ1v) is 13.2. The maximum atomic E-state index is 13.1. The molecule has 0 radical (unpaired) electrons. The van der Waals surface area contributed by atoms with E-state index in [1.807, 2.05) is 17.0 Å². The molecule has 0 saturated carbocycles. The summed E-state index contributed by atoms with van der Waals surface area (Å²) in [6.45, 7) is 11.3. The van der Waals surface area contributed by atoms with Crippen molar-refractivity contribution in [3.8, 4) is 5.75 Å². The number of benzene rings is 2. The van der Waals surface area contributed by atoms with Crippen LogP contribution in [0.3, 0.4) is 0 Å². The van der Waals surface area contributed by atoms with Crippen LogP contribution in [0.15, 0.2) is 48.6 Å². The zero-order chi connectivity index (χ0) is 29.2. The molecule has 2 aromatic carbocycles. The minimum atomic E-state index is -1.26. The van der Waals surface area contributed by atoms with Crippen LogP contribution in [0.1, 0.15) is 11.1 Å². The highest BCUT2D eigenvalue weighted by Gasteiger charge is 2.25. The number of hydrogen-bond donors (Lipinski definition) is 3. The highest BCUT2D eigenvalue weighted by atomic mass is 16.5. The molecule has 0 spiro atoms. The minimum Gasteiger partial charge on any atom is -0.492 e. The quantitative estimate of drug-likeness (QED) is 0.463. The molecule has 0 bridgehead atoms. The summed E-state index contributed by atoms with van der Waals surface area (Å²) in [6.07, 6.45) is 1.12. The highest BCUT2D eigenvalue weighted by Crippen LogP contribution is 2.36. The van der Waals surface area contributed by atoms with E-state index in [-0.39, 0.29) is 6.03 Å². The molecule has 40 heavy (non-hydrogen) atoms. The number of carbonyl (C=O) groups is 3. The van der Waals surface area contributed by atoms with Gasteiger partial charge in [-0.15, -0.1) is 0 Å². The van der Waals surface area contributed by atoms with Crippen LogP contribution < -0.4 is 19.9 Å². The van der Waals surface area contributed by atoms with Gasteiger partial charge < -0.3 is 39.9 Å². The van der Waals surface area contributed by atoms with E-state index in [0.717, 1.165) is 56.4 Å². The van der Waals surface area contributed by atoms with E-state index in [1.54, 1.807) is 7.11 Å². The SMILES string of the molecule is COc1c(NC(=O)N2CCN(c3cccc(C)c3C)CC2)cccc1N1CCN(C)CC1.O=C(O)/C=C/C(=O)O. The van der Waals surface area contributed by atoms with Gasteiger partial charge in [-0.3, -0.25) is 0 Å². The van der Waals surface area contributed by atoms with E-state index in [1.165, 1.54) is 16.8 Å². The Kier molecular flexibility index (Phi) is 10.8. The summed E-state index contributed by atoms with van der Waals surface area (Å²) >= 11 is 0. The number of aryl methyl sites for hydroxylation is 1. The Hall–Kier alpha value is -4.25. The molecule has 2 amide bonds. The third kappa shape index (κ3) is 8.12. The number of carboxylic acids is 2. The molecule has 2 aromatic rings. The van der Waals surface area contributed by atoms with Crippen molar-refractivity contribution >= 4 is 35.0 Å². The number of ether oxygens (including phenoxy) is 1. The molecule has 216 valence electrons. The van der Waals surface area contributed by atoms with Crippen molar-refractivity contribution in [1.82, 2.24) is 9.80 Å². The van der Waals surface area contributed by atoms with Crippen LogP contribution in [0.25, 0.3) is 0 Å². The number of para-hydroxylation sites is 1. The molecule has 11 heteroatoms. The summed E-state index contributed by atoms with van der Waals surface area (Å²) in [4.78, 5) is 41.1. The van der Waals surface area contributed by atoms with Gasteiger partial charge in [0.15, 0.2) is 5.75 Å². The van der Waals surface area contributed by atoms with E-state index in [2.05, 4.69) is 65.2 Å². The number of carboxylic acid groups (broad SMARTS) is 2. The van der Waals surface area contributed by atoms with Gasteiger partial charge in [0.2, 0.25) is 0 Å². The molecule has 2 fully saturated rings. The van der Waals surface area contributed by atoms with Gasteiger partial charge in [0.1, 0.15) is 0 Å². The lowest BCUT2D eigenvalue weighted by Crippen LogP contribution is -2.50. The molecule has 3 N–H and O–H groups in total. The van der Waals surface area contributed by atoms with E-state index < -0.39 is 11.9 Å². The Morgan fingerprint density at radius 1 is 0.800 bits per heavy atom. The van der Waals surface area contributed by atoms with Crippen LogP contribution in [0, 0.1) is 13.8 Å². The Bertz CT molecular complexity index is 1200. The smallest absolute Gasteiger partial charge is 0.328 e. The number of hydrogen-bond acceptors (Lipinski definition) is 7. The molecular formula is C29H39N5O6. The predicted octanol–water partition coefficient (Wildman–Crippen LogP) is 3.13. The first kappa shape index (κ1) is 30.3. The summed E-state index contributed by atoms with van der Waals surface area (Å²) < 4.78 is 5.75. The van der Waals surface area contributed by atoms with Crippen LogP contribution in [0.5, 0.6) is 5.75 Å². The number of amides is 2. The number of rotatable bonds is 6. The summed E-state index contributed by atoms with van der Waals surface area (Å²) in [5.74, 6) is -1.78. The Morgan fingerprint density at radius 2 is 1.32 bits per heavy atom. The van der Waals surface area contributed by atoms with Crippen molar-refractivity contribution in [2.45, 2.75) is 13.8 Å². The molecule has 4 rings (SSSR count). The predicted molar refractivity (Wildman–Crippen MR) is 156 cm³/mol. The maximum Gasteiger partial charge on any atom is 0.328 e. The topological polar surface area (TPSA) is 126 Å². The molecule has 2 aliphatic rings. The number of likely N-dealkylation sites (N-methyl/N-ethyl adjacent to an activating group) is 1. The number of urea groups is 1. The Morgan fingerprint density at radius 3 is 1.90 bits per heavy atom. The highest BCUT2D eigenvalue weighted by molar-refractivity contribution is 5.93. The van der Waals surface area contributed by atoms with Crippen LogP contribution in [-0.2, 0) is 9.59 Å². The van der Waals surface area contributed by atoms with E-state index >= 15 is 0 Å². The summed E-state index contributed by atoms with van der Waals surface area (Å²) in [5.41, 5.74) is 5.65. The van der Waals surface area contributed by atoms with Gasteiger partial charge in [0.05, 0.1) is 18.5 Å². The van der Waals surface area contributed by atoms with Gasteiger partial charge in [0.25, 0.3) is 0 Å². The van der Waals surface area contributed by atoms with Crippen LogP contribution >= 0.6 is 0 Å². The van der Waals surface area contributed by atoms with Crippen LogP contribution in [0.4, 0.5) is 21.9 Å². The molecule has 2 heterocycles. The summed E-state index contributed by atoms with van der Waals surface area (Å²) in [7, 11) is 3.82. The van der Waals surface area contributed by atoms with E-state index in [9.17, 15) is 14.4 Å². The van der Waals surface area contributed by atoms with E-state index in [4.69, 9.17) is 14.9 Å². The van der Waals surface area contributed by atoms with Crippen molar-refractivity contribution in [3.63, 3.8) is 0 Å². The normalized spacial score (nSPS) is 15.8. The number of anilines is 3. The lowest BCUT2D eigenvalue weighted by Gasteiger charge is -2.37. The van der Waals surface area contributed by atoms with E-state index in [0.29, 0.717) is 25.2 Å².